The molecule has 0 aliphatic heterocycles. The first-order chi connectivity index (χ1) is 6.97. The molecule has 15 heavy (non-hydrogen) atoms. The number of Topliss-reactive ketones (excluding diaryl/α,β-unsaturated/α-hetero) is 1. The second-order valence-corrected chi connectivity index (χ2v) is 3.86. The van der Waals surface area contributed by atoms with Gasteiger partial charge in [0.2, 0.25) is 0 Å². The van der Waals surface area contributed by atoms with Crippen LogP contribution in [-0.4, -0.2) is 17.9 Å². The van der Waals surface area contributed by atoms with Crippen molar-refractivity contribution in [1.29, 1.82) is 0 Å². The van der Waals surface area contributed by atoms with Crippen molar-refractivity contribution in [2.45, 2.75) is 53.1 Å². The highest BCUT2D eigenvalue weighted by Gasteiger charge is 2.17. The summed E-state index contributed by atoms with van der Waals surface area (Å²) >= 11 is 0. The van der Waals surface area contributed by atoms with Gasteiger partial charge in [0.05, 0.1) is 0 Å². The van der Waals surface area contributed by atoms with Gasteiger partial charge in [-0.15, -0.1) is 0 Å². The van der Waals surface area contributed by atoms with Crippen molar-refractivity contribution in [2.24, 2.45) is 0 Å². The Balaban J connectivity index is 4.22. The Bertz CT molecular complexity index is 250. The summed E-state index contributed by atoms with van der Waals surface area (Å²) in [5.41, 5.74) is 1.12. The molecule has 0 aliphatic rings. The molecule has 0 heterocycles. The fraction of sp³-hybridized carbons (Fsp3) is 0.667. The van der Waals surface area contributed by atoms with Gasteiger partial charge in [-0.2, -0.15) is 0 Å². The third-order valence-corrected chi connectivity index (χ3v) is 1.92. The molecule has 0 unspecified atom stereocenters. The molecular weight excluding hydrogens is 192 g/mol. The average molecular weight is 212 g/mol. The molecule has 0 spiro atoms. The van der Waals surface area contributed by atoms with E-state index in [1.54, 1.807) is 0 Å². The van der Waals surface area contributed by atoms with Crippen molar-refractivity contribution >= 4 is 11.8 Å². The highest BCUT2D eigenvalue weighted by molar-refractivity contribution is 5.83. The topological polar surface area (TPSA) is 43.4 Å². The number of rotatable bonds is 6. The molecule has 0 aliphatic carbocycles. The van der Waals surface area contributed by atoms with E-state index < -0.39 is 6.10 Å². The van der Waals surface area contributed by atoms with E-state index in [4.69, 9.17) is 4.74 Å². The molecule has 0 saturated carbocycles. The monoisotopic (exact) mass is 212 g/mol. The molecule has 0 aromatic carbocycles. The van der Waals surface area contributed by atoms with Crippen LogP contribution in [0.2, 0.25) is 0 Å². The van der Waals surface area contributed by atoms with Gasteiger partial charge in [0.1, 0.15) is 0 Å². The molecule has 86 valence electrons. The molecular formula is C12H20O3. The van der Waals surface area contributed by atoms with Crippen LogP contribution in [0.15, 0.2) is 11.6 Å². The van der Waals surface area contributed by atoms with Crippen LogP contribution in [0, 0.1) is 0 Å². The predicted molar refractivity (Wildman–Crippen MR) is 59.5 cm³/mol. The van der Waals surface area contributed by atoms with Gasteiger partial charge in [-0.3, -0.25) is 9.59 Å². The largest absolute Gasteiger partial charge is 0.454 e. The second-order valence-electron chi connectivity index (χ2n) is 3.86. The number of carbonyl (C=O) groups is 2. The fourth-order valence-electron chi connectivity index (χ4n) is 1.06. The number of ether oxygens (including phenoxy) is 1. The third-order valence-electron chi connectivity index (χ3n) is 1.92. The van der Waals surface area contributed by atoms with E-state index in [9.17, 15) is 9.59 Å². The Morgan fingerprint density at radius 1 is 1.27 bits per heavy atom. The molecule has 0 radical (unpaired) electrons. The van der Waals surface area contributed by atoms with Crippen molar-refractivity contribution in [3.8, 4) is 0 Å². The summed E-state index contributed by atoms with van der Waals surface area (Å²) in [4.78, 5) is 22.4. The lowest BCUT2D eigenvalue weighted by molar-refractivity contribution is -0.154. The maximum Gasteiger partial charge on any atom is 0.306 e. The first kappa shape index (κ1) is 13.9. The molecule has 0 fully saturated rings. The Morgan fingerprint density at radius 3 is 2.27 bits per heavy atom. The minimum atomic E-state index is -0.612. The van der Waals surface area contributed by atoms with Gasteiger partial charge < -0.3 is 4.74 Å². The zero-order valence-corrected chi connectivity index (χ0v) is 10.0. The third kappa shape index (κ3) is 6.89. The van der Waals surface area contributed by atoms with Gasteiger partial charge in [0, 0.05) is 12.8 Å². The van der Waals surface area contributed by atoms with Crippen molar-refractivity contribution in [1.82, 2.24) is 0 Å². The maximum absolute atomic E-state index is 11.2. The molecule has 0 aromatic heterocycles. The molecule has 0 amide bonds. The van der Waals surface area contributed by atoms with E-state index >= 15 is 0 Å². The van der Waals surface area contributed by atoms with Gasteiger partial charge in [-0.25, -0.2) is 0 Å². The summed E-state index contributed by atoms with van der Waals surface area (Å²) in [6, 6.07) is 0. The normalized spacial score (nSPS) is 11.7. The summed E-state index contributed by atoms with van der Waals surface area (Å²) < 4.78 is 5.07. The Hall–Kier alpha value is -1.12. The van der Waals surface area contributed by atoms with E-state index in [1.165, 1.54) is 6.92 Å². The summed E-state index contributed by atoms with van der Waals surface area (Å²) in [6.45, 7) is 7.25. The zero-order valence-electron chi connectivity index (χ0n) is 10.0. The lowest BCUT2D eigenvalue weighted by Gasteiger charge is -2.13. The standard InChI is InChI=1S/C12H20O3/c1-5-6-12(14)15-11(10(4)13)8-7-9(2)3/h7,11H,5-6,8H2,1-4H3/t11-/m1/s1. The number of esters is 1. The summed E-state index contributed by atoms with van der Waals surface area (Å²) in [7, 11) is 0. The number of allylic oxidation sites excluding steroid dienone is 1. The lowest BCUT2D eigenvalue weighted by atomic mass is 10.1. The minimum Gasteiger partial charge on any atom is -0.454 e. The van der Waals surface area contributed by atoms with E-state index in [-0.39, 0.29) is 11.8 Å². The van der Waals surface area contributed by atoms with Crippen LogP contribution in [0.25, 0.3) is 0 Å². The van der Waals surface area contributed by atoms with E-state index in [2.05, 4.69) is 0 Å². The summed E-state index contributed by atoms with van der Waals surface area (Å²) in [5.74, 6) is -0.392. The van der Waals surface area contributed by atoms with Gasteiger partial charge in [0.25, 0.3) is 0 Å². The SMILES string of the molecule is CCCC(=O)O[C@H](CC=C(C)C)C(C)=O. The van der Waals surface area contributed by atoms with Gasteiger partial charge in [-0.05, 0) is 27.2 Å². The maximum atomic E-state index is 11.2. The van der Waals surface area contributed by atoms with Crippen LogP contribution >= 0.6 is 0 Å². The molecule has 0 bridgehead atoms. The highest BCUT2D eigenvalue weighted by atomic mass is 16.5. The molecule has 3 nitrogen and oxygen atoms in total. The van der Waals surface area contributed by atoms with E-state index in [0.29, 0.717) is 12.8 Å². The molecule has 0 aromatic rings. The Morgan fingerprint density at radius 2 is 1.87 bits per heavy atom. The first-order valence-electron chi connectivity index (χ1n) is 5.30. The number of carbonyl (C=O) groups excluding carboxylic acids is 2. The van der Waals surface area contributed by atoms with Gasteiger partial charge in [0.15, 0.2) is 11.9 Å². The molecule has 0 rings (SSSR count). The van der Waals surface area contributed by atoms with Crippen LogP contribution in [0.3, 0.4) is 0 Å². The molecule has 0 N–H and O–H groups in total. The van der Waals surface area contributed by atoms with Gasteiger partial charge in [-0.1, -0.05) is 18.6 Å². The minimum absolute atomic E-state index is 0.100. The number of hydrogen-bond acceptors (Lipinski definition) is 3. The van der Waals surface area contributed by atoms with E-state index in [1.807, 2.05) is 26.8 Å². The van der Waals surface area contributed by atoms with Crippen molar-refractivity contribution in [3.05, 3.63) is 11.6 Å². The number of hydrogen-bond donors (Lipinski definition) is 0. The Labute approximate surface area is 91.5 Å². The average Bonchev–Trinajstić information content (AvgIpc) is 2.11. The quantitative estimate of drug-likeness (QED) is 0.502. The highest BCUT2D eigenvalue weighted by Crippen LogP contribution is 2.06. The summed E-state index contributed by atoms with van der Waals surface area (Å²) in [5, 5.41) is 0. The fourth-order valence-corrected chi connectivity index (χ4v) is 1.06. The predicted octanol–water partition coefficient (Wildman–Crippen LogP) is 2.64. The van der Waals surface area contributed by atoms with Crippen LogP contribution < -0.4 is 0 Å². The van der Waals surface area contributed by atoms with Crippen LogP contribution in [0.4, 0.5) is 0 Å². The zero-order chi connectivity index (χ0) is 11.8. The van der Waals surface area contributed by atoms with Gasteiger partial charge >= 0.3 is 5.97 Å². The molecule has 3 heteroatoms. The van der Waals surface area contributed by atoms with Crippen LogP contribution in [0.1, 0.15) is 47.0 Å². The van der Waals surface area contributed by atoms with Crippen molar-refractivity contribution < 1.29 is 14.3 Å². The smallest absolute Gasteiger partial charge is 0.306 e. The number of ketones is 1. The molecule has 0 saturated heterocycles. The summed E-state index contributed by atoms with van der Waals surface area (Å²) in [6.07, 6.45) is 2.89. The first-order valence-corrected chi connectivity index (χ1v) is 5.30. The molecule has 1 atom stereocenters. The van der Waals surface area contributed by atoms with Crippen molar-refractivity contribution in [2.75, 3.05) is 0 Å². The Kier molecular flexibility index (Phi) is 6.67. The second kappa shape index (κ2) is 7.21. The lowest BCUT2D eigenvalue weighted by Crippen LogP contribution is -2.24. The van der Waals surface area contributed by atoms with Crippen LogP contribution in [0.5, 0.6) is 0 Å². The van der Waals surface area contributed by atoms with E-state index in [0.717, 1.165) is 12.0 Å². The van der Waals surface area contributed by atoms with Crippen LogP contribution in [-0.2, 0) is 14.3 Å². The van der Waals surface area contributed by atoms with Crippen molar-refractivity contribution in [3.63, 3.8) is 0 Å².